The van der Waals surface area contributed by atoms with E-state index in [9.17, 15) is 13.2 Å². The molecular weight excluding hydrogens is 411 g/mol. The molecule has 0 spiro atoms. The maximum absolute atomic E-state index is 12.0. The molecule has 4 nitrogen and oxygen atoms in total. The number of thiazole rings is 1. The summed E-state index contributed by atoms with van der Waals surface area (Å²) in [6, 6.07) is 7.68. The largest absolute Gasteiger partial charge is 0.411 e. The molecule has 0 saturated carbocycles. The van der Waals surface area contributed by atoms with Gasteiger partial charge in [-0.3, -0.25) is 4.90 Å². The molecule has 1 aromatic carbocycles. The number of ether oxygens (including phenoxy) is 1. The molecule has 0 atom stereocenters. The van der Waals surface area contributed by atoms with Crippen LogP contribution in [0, 0.1) is 0 Å². The molecule has 154 valence electrons. The predicted molar refractivity (Wildman–Crippen MR) is 106 cm³/mol. The average Bonchev–Trinajstić information content (AvgIpc) is 3.11. The van der Waals surface area contributed by atoms with Crippen molar-refractivity contribution in [2.75, 3.05) is 45.9 Å². The maximum atomic E-state index is 12.0. The van der Waals surface area contributed by atoms with E-state index in [-0.39, 0.29) is 6.61 Å². The second kappa shape index (κ2) is 10.0. The van der Waals surface area contributed by atoms with E-state index in [1.807, 2.05) is 24.3 Å². The van der Waals surface area contributed by atoms with Crippen molar-refractivity contribution in [3.05, 3.63) is 40.4 Å². The van der Waals surface area contributed by atoms with Crippen LogP contribution >= 0.6 is 22.9 Å². The van der Waals surface area contributed by atoms with E-state index < -0.39 is 12.8 Å². The zero-order chi connectivity index (χ0) is 20.0. The Morgan fingerprint density at radius 1 is 1.07 bits per heavy atom. The molecule has 3 rings (SSSR count). The van der Waals surface area contributed by atoms with E-state index in [1.54, 1.807) is 11.3 Å². The van der Waals surface area contributed by atoms with E-state index in [2.05, 4.69) is 19.9 Å². The standard InChI is InChI=1S/C19H23ClF3N3OS/c20-16-4-2-15(3-5-16)18-24-17(13-28-18)12-26-9-7-25(8-10-26)6-1-11-27-14-19(21,22)23/h2-5,13H,1,6-12,14H2. The average molecular weight is 434 g/mol. The summed E-state index contributed by atoms with van der Waals surface area (Å²) in [5.74, 6) is 0. The number of rotatable bonds is 8. The smallest absolute Gasteiger partial charge is 0.372 e. The highest BCUT2D eigenvalue weighted by atomic mass is 35.5. The number of hydrogen-bond acceptors (Lipinski definition) is 5. The Kier molecular flexibility index (Phi) is 7.70. The van der Waals surface area contributed by atoms with Gasteiger partial charge in [-0.1, -0.05) is 23.7 Å². The molecular formula is C19H23ClF3N3OS. The molecule has 1 aliphatic rings. The molecule has 9 heteroatoms. The minimum atomic E-state index is -4.24. The van der Waals surface area contributed by atoms with Gasteiger partial charge in [0.05, 0.1) is 5.69 Å². The summed E-state index contributed by atoms with van der Waals surface area (Å²) in [5, 5.41) is 3.79. The molecule has 0 radical (unpaired) electrons. The Hall–Kier alpha value is -1.19. The normalized spacial score (nSPS) is 16.6. The van der Waals surface area contributed by atoms with E-state index in [4.69, 9.17) is 16.6 Å². The van der Waals surface area contributed by atoms with Gasteiger partial charge < -0.3 is 9.64 Å². The molecule has 1 aromatic heterocycles. The number of benzene rings is 1. The monoisotopic (exact) mass is 433 g/mol. The van der Waals surface area contributed by atoms with E-state index in [0.717, 1.165) is 55.5 Å². The number of piperazine rings is 1. The summed E-state index contributed by atoms with van der Waals surface area (Å²) in [6.07, 6.45) is -3.62. The van der Waals surface area contributed by atoms with Gasteiger partial charge in [0.1, 0.15) is 11.6 Å². The fourth-order valence-corrected chi connectivity index (χ4v) is 4.03. The fraction of sp³-hybridized carbons (Fsp3) is 0.526. The van der Waals surface area contributed by atoms with E-state index in [1.165, 1.54) is 0 Å². The molecule has 1 fully saturated rings. The Morgan fingerprint density at radius 3 is 2.43 bits per heavy atom. The van der Waals surface area contributed by atoms with Gasteiger partial charge in [-0.2, -0.15) is 13.2 Å². The quantitative estimate of drug-likeness (QED) is 0.571. The first-order valence-corrected chi connectivity index (χ1v) is 10.4. The molecule has 2 heterocycles. The molecule has 28 heavy (non-hydrogen) atoms. The molecule has 0 unspecified atom stereocenters. The lowest BCUT2D eigenvalue weighted by molar-refractivity contribution is -0.174. The zero-order valence-corrected chi connectivity index (χ0v) is 17.0. The van der Waals surface area contributed by atoms with Crippen molar-refractivity contribution in [3.63, 3.8) is 0 Å². The van der Waals surface area contributed by atoms with Crippen molar-refractivity contribution in [3.8, 4) is 10.6 Å². The van der Waals surface area contributed by atoms with E-state index >= 15 is 0 Å². The molecule has 0 amide bonds. The second-order valence-corrected chi connectivity index (χ2v) is 8.08. The SMILES string of the molecule is FC(F)(F)COCCCN1CCN(Cc2csc(-c3ccc(Cl)cc3)n2)CC1. The van der Waals surface area contributed by atoms with Crippen molar-refractivity contribution >= 4 is 22.9 Å². The van der Waals surface area contributed by atoms with Crippen molar-refractivity contribution < 1.29 is 17.9 Å². The lowest BCUT2D eigenvalue weighted by Gasteiger charge is -2.34. The summed E-state index contributed by atoms with van der Waals surface area (Å²) in [5.41, 5.74) is 2.13. The van der Waals surface area contributed by atoms with Crippen molar-refractivity contribution in [2.24, 2.45) is 0 Å². The zero-order valence-electron chi connectivity index (χ0n) is 15.4. The molecule has 0 bridgehead atoms. The van der Waals surface area contributed by atoms with Crippen LogP contribution in [-0.4, -0.2) is 66.9 Å². The summed E-state index contributed by atoms with van der Waals surface area (Å²) < 4.78 is 40.7. The topological polar surface area (TPSA) is 28.6 Å². The fourth-order valence-electron chi connectivity index (χ4n) is 3.08. The number of hydrogen-bond donors (Lipinski definition) is 0. The Morgan fingerprint density at radius 2 is 1.75 bits per heavy atom. The van der Waals surface area contributed by atoms with Gasteiger partial charge in [-0.15, -0.1) is 11.3 Å². The number of halogens is 4. The number of alkyl halides is 3. The number of nitrogens with zero attached hydrogens (tertiary/aromatic N) is 3. The van der Waals surface area contributed by atoms with Crippen LogP contribution in [0.4, 0.5) is 13.2 Å². The highest BCUT2D eigenvalue weighted by molar-refractivity contribution is 7.13. The van der Waals surface area contributed by atoms with Crippen LogP contribution in [0.1, 0.15) is 12.1 Å². The van der Waals surface area contributed by atoms with Crippen LogP contribution in [0.25, 0.3) is 10.6 Å². The lowest BCUT2D eigenvalue weighted by atomic mass is 10.2. The van der Waals surface area contributed by atoms with Crippen LogP contribution in [0.5, 0.6) is 0 Å². The van der Waals surface area contributed by atoms with Crippen LogP contribution in [0.15, 0.2) is 29.6 Å². The first-order chi connectivity index (χ1) is 13.4. The molecule has 1 saturated heterocycles. The van der Waals surface area contributed by atoms with Crippen LogP contribution < -0.4 is 0 Å². The maximum Gasteiger partial charge on any atom is 0.411 e. The van der Waals surface area contributed by atoms with Gasteiger partial charge in [0.25, 0.3) is 0 Å². The summed E-state index contributed by atoms with van der Waals surface area (Å²) in [7, 11) is 0. The number of aromatic nitrogens is 1. The third kappa shape index (κ3) is 7.00. The summed E-state index contributed by atoms with van der Waals surface area (Å²) in [4.78, 5) is 9.35. The van der Waals surface area contributed by atoms with Gasteiger partial charge in [0, 0.05) is 61.8 Å². The van der Waals surface area contributed by atoms with Gasteiger partial charge in [-0.25, -0.2) is 4.98 Å². The lowest BCUT2D eigenvalue weighted by Crippen LogP contribution is -2.46. The van der Waals surface area contributed by atoms with Crippen LogP contribution in [0.2, 0.25) is 5.02 Å². The Balaban J connectivity index is 1.36. The summed E-state index contributed by atoms with van der Waals surface area (Å²) >= 11 is 7.56. The van der Waals surface area contributed by atoms with Gasteiger partial charge in [-0.05, 0) is 18.6 Å². The van der Waals surface area contributed by atoms with Crippen molar-refractivity contribution in [1.82, 2.24) is 14.8 Å². The highest BCUT2D eigenvalue weighted by Gasteiger charge is 2.27. The van der Waals surface area contributed by atoms with Crippen LogP contribution in [-0.2, 0) is 11.3 Å². The third-order valence-electron chi connectivity index (χ3n) is 4.52. The first-order valence-electron chi connectivity index (χ1n) is 9.18. The predicted octanol–water partition coefficient (Wildman–Crippen LogP) is 4.55. The molecule has 0 N–H and O–H groups in total. The third-order valence-corrected chi connectivity index (χ3v) is 5.71. The molecule has 2 aromatic rings. The van der Waals surface area contributed by atoms with Crippen LogP contribution in [0.3, 0.4) is 0 Å². The Bertz CT molecular complexity index is 731. The van der Waals surface area contributed by atoms with Crippen molar-refractivity contribution in [2.45, 2.75) is 19.1 Å². The second-order valence-electron chi connectivity index (χ2n) is 6.79. The van der Waals surface area contributed by atoms with Gasteiger partial charge >= 0.3 is 6.18 Å². The minimum Gasteiger partial charge on any atom is -0.372 e. The van der Waals surface area contributed by atoms with Crippen molar-refractivity contribution in [1.29, 1.82) is 0 Å². The Labute approximate surface area is 171 Å². The van der Waals surface area contributed by atoms with E-state index in [0.29, 0.717) is 11.4 Å². The van der Waals surface area contributed by atoms with Gasteiger partial charge in [0.15, 0.2) is 0 Å². The molecule has 0 aliphatic carbocycles. The van der Waals surface area contributed by atoms with Gasteiger partial charge in [0.2, 0.25) is 0 Å². The molecule has 1 aliphatic heterocycles. The minimum absolute atomic E-state index is 0.145. The highest BCUT2D eigenvalue weighted by Crippen LogP contribution is 2.25. The summed E-state index contributed by atoms with van der Waals surface area (Å²) in [6.45, 7) is 4.24. The first kappa shape index (κ1) is 21.5.